The van der Waals surface area contributed by atoms with Gasteiger partial charge >= 0.3 is 5.97 Å². The summed E-state index contributed by atoms with van der Waals surface area (Å²) in [5, 5.41) is 11.8. The molecule has 0 aliphatic heterocycles. The topological polar surface area (TPSA) is 101 Å². The standard InChI is InChI=1S/C12H19NO.C9H10N2O3S/c1-2-3-7-10-14-13-11-12-8-5-4-6-9-12;1-4-6(8(13)14)15-9(10-4)11-7(12)5-2-3-5/h4-6,8-9,13H,2-3,7,10-11H2,1H3;5H,2-3H2,1H3,(H,13,14)(H,10,11,12). The number of aromatic nitrogens is 1. The Kier molecular flexibility index (Phi) is 9.76. The summed E-state index contributed by atoms with van der Waals surface area (Å²) in [6, 6.07) is 10.3. The molecule has 0 atom stereocenters. The lowest BCUT2D eigenvalue weighted by molar-refractivity contribution is -0.117. The smallest absolute Gasteiger partial charge is 0.347 e. The van der Waals surface area contributed by atoms with Crippen LogP contribution in [0.1, 0.15) is 60.0 Å². The van der Waals surface area contributed by atoms with Crippen molar-refractivity contribution in [3.63, 3.8) is 0 Å². The predicted octanol–water partition coefficient (Wildman–Crippen LogP) is 4.40. The summed E-state index contributed by atoms with van der Waals surface area (Å²) in [7, 11) is 0. The molecule has 0 unspecified atom stereocenters. The minimum Gasteiger partial charge on any atom is -0.477 e. The molecule has 1 amide bonds. The van der Waals surface area contributed by atoms with Crippen molar-refractivity contribution in [2.75, 3.05) is 11.9 Å². The number of nitrogens with zero attached hydrogens (tertiary/aromatic N) is 1. The normalized spacial score (nSPS) is 12.8. The second kappa shape index (κ2) is 12.3. The van der Waals surface area contributed by atoms with Crippen LogP contribution in [0.2, 0.25) is 0 Å². The molecule has 1 fully saturated rings. The molecule has 1 aromatic heterocycles. The first-order valence-corrected chi connectivity index (χ1v) is 10.7. The number of benzene rings is 1. The minimum atomic E-state index is -1.00. The molecule has 0 spiro atoms. The molecule has 8 heteroatoms. The molecule has 0 saturated heterocycles. The Bertz CT molecular complexity index is 775. The summed E-state index contributed by atoms with van der Waals surface area (Å²) in [5.74, 6) is -0.958. The number of carbonyl (C=O) groups excluding carboxylic acids is 1. The number of carboxylic acids is 1. The van der Waals surface area contributed by atoms with E-state index in [1.54, 1.807) is 6.92 Å². The van der Waals surface area contributed by atoms with E-state index < -0.39 is 5.97 Å². The number of hydrogen-bond donors (Lipinski definition) is 3. The third-order valence-corrected chi connectivity index (χ3v) is 5.30. The lowest BCUT2D eigenvalue weighted by Gasteiger charge is -2.05. The van der Waals surface area contributed by atoms with E-state index in [4.69, 9.17) is 9.94 Å². The van der Waals surface area contributed by atoms with E-state index in [2.05, 4.69) is 34.8 Å². The second-order valence-electron chi connectivity index (χ2n) is 6.86. The maximum atomic E-state index is 11.4. The minimum absolute atomic E-state index is 0.0549. The van der Waals surface area contributed by atoms with E-state index in [9.17, 15) is 9.59 Å². The fourth-order valence-electron chi connectivity index (χ4n) is 2.43. The molecule has 0 bridgehead atoms. The Morgan fingerprint density at radius 3 is 2.55 bits per heavy atom. The average Bonchev–Trinajstić information content (AvgIpc) is 3.49. The Balaban J connectivity index is 0.000000208. The van der Waals surface area contributed by atoms with Crippen molar-refractivity contribution in [2.24, 2.45) is 5.92 Å². The van der Waals surface area contributed by atoms with Gasteiger partial charge in [-0.3, -0.25) is 4.79 Å². The van der Waals surface area contributed by atoms with E-state index in [0.717, 1.165) is 43.8 Å². The van der Waals surface area contributed by atoms with Crippen molar-refractivity contribution in [3.8, 4) is 0 Å². The molecule has 2 aromatic rings. The van der Waals surface area contributed by atoms with Crippen molar-refractivity contribution in [2.45, 2.75) is 52.5 Å². The molecular weight excluding hydrogens is 390 g/mol. The molecule has 1 aliphatic carbocycles. The van der Waals surface area contributed by atoms with Gasteiger partial charge in [-0.2, -0.15) is 5.48 Å². The summed E-state index contributed by atoms with van der Waals surface area (Å²) in [6.45, 7) is 5.40. The van der Waals surface area contributed by atoms with Gasteiger partial charge in [-0.15, -0.1) is 0 Å². The SMILES string of the molecule is CCCCCONCc1ccccc1.Cc1nc(NC(=O)C2CC2)sc1C(=O)O. The first-order valence-electron chi connectivity index (χ1n) is 9.91. The Morgan fingerprint density at radius 1 is 1.24 bits per heavy atom. The molecule has 1 aliphatic rings. The quantitative estimate of drug-likeness (QED) is 0.390. The van der Waals surface area contributed by atoms with Gasteiger partial charge in [0.15, 0.2) is 5.13 Å². The average molecular weight is 420 g/mol. The molecule has 1 aromatic carbocycles. The van der Waals surface area contributed by atoms with Gasteiger partial charge in [0.25, 0.3) is 0 Å². The van der Waals surface area contributed by atoms with Crippen molar-refractivity contribution < 1.29 is 19.5 Å². The molecule has 1 heterocycles. The van der Waals surface area contributed by atoms with Gasteiger partial charge in [0.2, 0.25) is 5.91 Å². The number of thiazole rings is 1. The van der Waals surface area contributed by atoms with Crippen LogP contribution >= 0.6 is 11.3 Å². The summed E-state index contributed by atoms with van der Waals surface area (Å²) in [4.78, 5) is 31.6. The third-order valence-electron chi connectivity index (χ3n) is 4.24. The molecule has 3 N–H and O–H groups in total. The molecule has 158 valence electrons. The van der Waals surface area contributed by atoms with Crippen molar-refractivity contribution in [1.82, 2.24) is 10.5 Å². The molecule has 29 heavy (non-hydrogen) atoms. The maximum Gasteiger partial charge on any atom is 0.347 e. The van der Waals surface area contributed by atoms with Gasteiger partial charge in [0, 0.05) is 12.5 Å². The Hall–Kier alpha value is -2.29. The van der Waals surface area contributed by atoms with Crippen LogP contribution < -0.4 is 10.8 Å². The van der Waals surface area contributed by atoms with E-state index >= 15 is 0 Å². The first-order chi connectivity index (χ1) is 14.0. The van der Waals surface area contributed by atoms with Crippen LogP contribution in [0.5, 0.6) is 0 Å². The van der Waals surface area contributed by atoms with E-state index in [1.807, 2.05) is 18.2 Å². The summed E-state index contributed by atoms with van der Waals surface area (Å²) in [5.41, 5.74) is 4.66. The zero-order valence-corrected chi connectivity index (χ0v) is 17.8. The van der Waals surface area contributed by atoms with Gasteiger partial charge in [0.1, 0.15) is 4.88 Å². The predicted molar refractivity (Wildman–Crippen MR) is 114 cm³/mol. The summed E-state index contributed by atoms with van der Waals surface area (Å²) >= 11 is 0.999. The number of carbonyl (C=O) groups is 2. The molecule has 3 rings (SSSR count). The number of amides is 1. The van der Waals surface area contributed by atoms with Crippen LogP contribution in [-0.4, -0.2) is 28.6 Å². The molecule has 0 radical (unpaired) electrons. The van der Waals surface area contributed by atoms with Gasteiger partial charge in [-0.05, 0) is 31.7 Å². The highest BCUT2D eigenvalue weighted by Gasteiger charge is 2.30. The lowest BCUT2D eigenvalue weighted by Crippen LogP contribution is -2.14. The van der Waals surface area contributed by atoms with Crippen LogP contribution in [-0.2, 0) is 16.2 Å². The number of hydroxylamine groups is 1. The fraction of sp³-hybridized carbons (Fsp3) is 0.476. The van der Waals surface area contributed by atoms with Crippen LogP contribution in [0.4, 0.5) is 5.13 Å². The van der Waals surface area contributed by atoms with Crippen LogP contribution in [0.15, 0.2) is 30.3 Å². The molecule has 7 nitrogen and oxygen atoms in total. The van der Waals surface area contributed by atoms with Crippen LogP contribution in [0, 0.1) is 12.8 Å². The van der Waals surface area contributed by atoms with E-state index in [0.29, 0.717) is 10.8 Å². The largest absolute Gasteiger partial charge is 0.477 e. The molecule has 1 saturated carbocycles. The first kappa shape index (κ1) is 23.0. The number of unbranched alkanes of at least 4 members (excludes halogenated alkanes) is 2. The number of aromatic carboxylic acids is 1. The number of aryl methyl sites for hydroxylation is 1. The molecular formula is C21H29N3O4S. The summed E-state index contributed by atoms with van der Waals surface area (Å²) in [6.07, 6.45) is 5.46. The number of nitrogens with one attached hydrogen (secondary N) is 2. The zero-order chi connectivity index (χ0) is 21.1. The van der Waals surface area contributed by atoms with Gasteiger partial charge in [-0.1, -0.05) is 61.4 Å². The third kappa shape index (κ3) is 8.72. The number of rotatable bonds is 10. The van der Waals surface area contributed by atoms with Crippen LogP contribution in [0.25, 0.3) is 0 Å². The van der Waals surface area contributed by atoms with Crippen LogP contribution in [0.3, 0.4) is 0 Å². The van der Waals surface area contributed by atoms with Crippen molar-refractivity contribution in [3.05, 3.63) is 46.5 Å². The zero-order valence-electron chi connectivity index (χ0n) is 16.9. The monoisotopic (exact) mass is 419 g/mol. The highest BCUT2D eigenvalue weighted by Crippen LogP contribution is 2.31. The van der Waals surface area contributed by atoms with Crippen molar-refractivity contribution in [1.29, 1.82) is 0 Å². The van der Waals surface area contributed by atoms with Gasteiger partial charge in [-0.25, -0.2) is 9.78 Å². The lowest BCUT2D eigenvalue weighted by atomic mass is 10.2. The fourth-order valence-corrected chi connectivity index (χ4v) is 3.24. The highest BCUT2D eigenvalue weighted by atomic mass is 32.1. The second-order valence-corrected chi connectivity index (χ2v) is 7.86. The van der Waals surface area contributed by atoms with Gasteiger partial charge < -0.3 is 15.3 Å². The highest BCUT2D eigenvalue weighted by molar-refractivity contribution is 7.17. The van der Waals surface area contributed by atoms with Gasteiger partial charge in [0.05, 0.1) is 12.3 Å². The van der Waals surface area contributed by atoms with E-state index in [-0.39, 0.29) is 16.7 Å². The Labute approximate surface area is 175 Å². The maximum absolute atomic E-state index is 11.4. The number of hydrogen-bond acceptors (Lipinski definition) is 6. The summed E-state index contributed by atoms with van der Waals surface area (Å²) < 4.78 is 0. The number of carboxylic acid groups (broad SMARTS) is 1. The number of anilines is 1. The van der Waals surface area contributed by atoms with E-state index in [1.165, 1.54) is 18.4 Å². The Morgan fingerprint density at radius 2 is 1.97 bits per heavy atom. The van der Waals surface area contributed by atoms with Crippen molar-refractivity contribution >= 4 is 28.3 Å².